The Balaban J connectivity index is 2.06. The Morgan fingerprint density at radius 2 is 2.26 bits per heavy atom. The minimum atomic E-state index is -0.159. The molecule has 1 aromatic carbocycles. The summed E-state index contributed by atoms with van der Waals surface area (Å²) in [6.07, 6.45) is 2.61. The van der Waals surface area contributed by atoms with E-state index in [1.54, 1.807) is 12.3 Å². The van der Waals surface area contributed by atoms with Crippen LogP contribution in [0.2, 0.25) is 5.15 Å². The summed E-state index contributed by atoms with van der Waals surface area (Å²) >= 11 is 5.94. The van der Waals surface area contributed by atoms with Crippen molar-refractivity contribution < 1.29 is 4.74 Å². The number of fused-ring (bicyclic) bond motifs is 1. The van der Waals surface area contributed by atoms with Crippen molar-refractivity contribution >= 4 is 11.6 Å². The van der Waals surface area contributed by atoms with Crippen molar-refractivity contribution in [2.24, 2.45) is 5.84 Å². The molecule has 0 aliphatic carbocycles. The highest BCUT2D eigenvalue weighted by atomic mass is 35.5. The standard InChI is InChI=1S/C14H14ClN3O/c15-12-8-10(4-6-17-12)13(18-16)11-3-1-2-9-5-7-19-14(9)11/h1-4,6,8,13,18H,5,7,16H2. The first-order valence-electron chi connectivity index (χ1n) is 6.12. The van der Waals surface area contributed by atoms with E-state index in [1.165, 1.54) is 5.56 Å². The molecule has 1 aliphatic heterocycles. The summed E-state index contributed by atoms with van der Waals surface area (Å²) in [6.45, 7) is 0.723. The molecular weight excluding hydrogens is 262 g/mol. The van der Waals surface area contributed by atoms with Crippen LogP contribution >= 0.6 is 11.6 Å². The fourth-order valence-corrected chi connectivity index (χ4v) is 2.61. The summed E-state index contributed by atoms with van der Waals surface area (Å²) in [7, 11) is 0. The van der Waals surface area contributed by atoms with E-state index in [9.17, 15) is 0 Å². The molecule has 1 unspecified atom stereocenters. The molecule has 0 saturated carbocycles. The maximum absolute atomic E-state index is 5.94. The molecule has 3 N–H and O–H groups in total. The third-order valence-electron chi connectivity index (χ3n) is 3.31. The number of rotatable bonds is 3. The number of halogens is 1. The lowest BCUT2D eigenvalue weighted by molar-refractivity contribution is 0.350. The van der Waals surface area contributed by atoms with Crippen molar-refractivity contribution in [1.82, 2.24) is 10.4 Å². The highest BCUT2D eigenvalue weighted by Gasteiger charge is 2.22. The minimum Gasteiger partial charge on any atom is -0.493 e. The van der Waals surface area contributed by atoms with E-state index < -0.39 is 0 Å². The molecule has 1 aliphatic rings. The summed E-state index contributed by atoms with van der Waals surface area (Å²) in [6, 6.07) is 9.66. The van der Waals surface area contributed by atoms with Crippen molar-refractivity contribution in [2.75, 3.05) is 6.61 Å². The predicted molar refractivity (Wildman–Crippen MR) is 74.1 cm³/mol. The number of benzene rings is 1. The van der Waals surface area contributed by atoms with Gasteiger partial charge in [0, 0.05) is 18.2 Å². The number of hydrogen-bond acceptors (Lipinski definition) is 4. The van der Waals surface area contributed by atoms with Crippen molar-refractivity contribution in [1.29, 1.82) is 0 Å². The molecule has 4 nitrogen and oxygen atoms in total. The van der Waals surface area contributed by atoms with Crippen LogP contribution in [0.5, 0.6) is 5.75 Å². The largest absolute Gasteiger partial charge is 0.493 e. The first-order valence-corrected chi connectivity index (χ1v) is 6.49. The molecule has 3 rings (SSSR count). The van der Waals surface area contributed by atoms with Gasteiger partial charge in [0.25, 0.3) is 0 Å². The van der Waals surface area contributed by atoms with Crippen LogP contribution < -0.4 is 16.0 Å². The Hall–Kier alpha value is -1.62. The van der Waals surface area contributed by atoms with E-state index in [0.29, 0.717) is 5.15 Å². The van der Waals surface area contributed by atoms with Gasteiger partial charge in [-0.2, -0.15) is 0 Å². The second-order valence-corrected chi connectivity index (χ2v) is 4.83. The van der Waals surface area contributed by atoms with Gasteiger partial charge in [0.15, 0.2) is 0 Å². The highest BCUT2D eigenvalue weighted by Crippen LogP contribution is 2.36. The van der Waals surface area contributed by atoms with Crippen molar-refractivity contribution in [3.63, 3.8) is 0 Å². The third-order valence-corrected chi connectivity index (χ3v) is 3.51. The Kier molecular flexibility index (Phi) is 3.38. The Labute approximate surface area is 116 Å². The maximum Gasteiger partial charge on any atom is 0.129 e. The van der Waals surface area contributed by atoms with Crippen LogP contribution in [0.1, 0.15) is 22.7 Å². The van der Waals surface area contributed by atoms with Gasteiger partial charge in [-0.25, -0.2) is 10.4 Å². The average molecular weight is 276 g/mol. The van der Waals surface area contributed by atoms with Crippen molar-refractivity contribution in [3.05, 3.63) is 58.4 Å². The highest BCUT2D eigenvalue weighted by molar-refractivity contribution is 6.29. The molecule has 0 radical (unpaired) electrons. The van der Waals surface area contributed by atoms with Crippen molar-refractivity contribution in [3.8, 4) is 5.75 Å². The first kappa shape index (κ1) is 12.4. The molecule has 0 amide bonds. The van der Waals surface area contributed by atoms with Crippen LogP contribution in [0.15, 0.2) is 36.5 Å². The molecule has 0 saturated heterocycles. The summed E-state index contributed by atoms with van der Waals surface area (Å²) in [5, 5.41) is 0.450. The zero-order valence-electron chi connectivity index (χ0n) is 10.3. The Bertz CT molecular complexity index is 603. The molecule has 5 heteroatoms. The molecule has 0 fully saturated rings. The molecule has 1 atom stereocenters. The first-order chi connectivity index (χ1) is 9.29. The fraction of sp³-hybridized carbons (Fsp3) is 0.214. The molecule has 1 aromatic heterocycles. The molecule has 98 valence electrons. The van der Waals surface area contributed by atoms with Crippen LogP contribution in [0.25, 0.3) is 0 Å². The van der Waals surface area contributed by atoms with E-state index in [1.807, 2.05) is 18.2 Å². The number of pyridine rings is 1. The SMILES string of the molecule is NNC(c1ccnc(Cl)c1)c1cccc2c1OCC2. The van der Waals surface area contributed by atoms with Gasteiger partial charge in [-0.3, -0.25) is 5.84 Å². The van der Waals surface area contributed by atoms with Crippen LogP contribution in [-0.2, 0) is 6.42 Å². The summed E-state index contributed by atoms with van der Waals surface area (Å²) < 4.78 is 5.72. The average Bonchev–Trinajstić information content (AvgIpc) is 2.89. The van der Waals surface area contributed by atoms with Gasteiger partial charge in [0.05, 0.1) is 12.6 Å². The van der Waals surface area contributed by atoms with Gasteiger partial charge in [-0.05, 0) is 23.3 Å². The number of nitrogens with two attached hydrogens (primary N) is 1. The molecule has 19 heavy (non-hydrogen) atoms. The Morgan fingerprint density at radius 3 is 3.05 bits per heavy atom. The van der Waals surface area contributed by atoms with Gasteiger partial charge in [0.2, 0.25) is 0 Å². The van der Waals surface area contributed by atoms with Gasteiger partial charge >= 0.3 is 0 Å². The van der Waals surface area contributed by atoms with E-state index in [0.717, 1.165) is 29.9 Å². The number of aromatic nitrogens is 1. The van der Waals surface area contributed by atoms with E-state index in [-0.39, 0.29) is 6.04 Å². The van der Waals surface area contributed by atoms with Crippen molar-refractivity contribution in [2.45, 2.75) is 12.5 Å². The van der Waals surface area contributed by atoms with E-state index in [4.69, 9.17) is 22.2 Å². The van der Waals surface area contributed by atoms with Crippen LogP contribution in [0.3, 0.4) is 0 Å². The Morgan fingerprint density at radius 1 is 1.37 bits per heavy atom. The lowest BCUT2D eigenvalue weighted by atomic mass is 9.97. The van der Waals surface area contributed by atoms with Crippen LogP contribution in [0, 0.1) is 0 Å². The normalized spacial score (nSPS) is 14.8. The summed E-state index contributed by atoms with van der Waals surface area (Å²) in [5.41, 5.74) is 6.04. The second-order valence-electron chi connectivity index (χ2n) is 4.45. The number of hydrazine groups is 1. The summed E-state index contributed by atoms with van der Waals surface area (Å²) in [5.74, 6) is 6.64. The smallest absolute Gasteiger partial charge is 0.129 e. The topological polar surface area (TPSA) is 60.2 Å². The van der Waals surface area contributed by atoms with Gasteiger partial charge < -0.3 is 4.74 Å². The van der Waals surface area contributed by atoms with E-state index >= 15 is 0 Å². The third kappa shape index (κ3) is 2.30. The number of nitrogens with one attached hydrogen (secondary N) is 1. The van der Waals surface area contributed by atoms with Gasteiger partial charge in [-0.15, -0.1) is 0 Å². The van der Waals surface area contributed by atoms with Gasteiger partial charge in [0.1, 0.15) is 10.9 Å². The molecule has 0 bridgehead atoms. The van der Waals surface area contributed by atoms with E-state index in [2.05, 4.69) is 16.5 Å². The summed E-state index contributed by atoms with van der Waals surface area (Å²) in [4.78, 5) is 3.99. The van der Waals surface area contributed by atoms with Gasteiger partial charge in [-0.1, -0.05) is 29.8 Å². The lowest BCUT2D eigenvalue weighted by Gasteiger charge is -2.19. The molecule has 0 spiro atoms. The number of nitrogens with zero attached hydrogens (tertiary/aromatic N) is 1. The second kappa shape index (κ2) is 5.17. The zero-order chi connectivity index (χ0) is 13.2. The number of para-hydroxylation sites is 1. The fourth-order valence-electron chi connectivity index (χ4n) is 2.43. The predicted octanol–water partition coefficient (Wildman–Crippen LogP) is 2.22. The zero-order valence-corrected chi connectivity index (χ0v) is 11.0. The maximum atomic E-state index is 5.94. The minimum absolute atomic E-state index is 0.159. The molecular formula is C14H14ClN3O. The van der Waals surface area contributed by atoms with Crippen LogP contribution in [0.4, 0.5) is 0 Å². The molecule has 2 heterocycles. The van der Waals surface area contributed by atoms with Crippen LogP contribution in [-0.4, -0.2) is 11.6 Å². The number of ether oxygens (including phenoxy) is 1. The quantitative estimate of drug-likeness (QED) is 0.512. The number of hydrogen-bond donors (Lipinski definition) is 2. The molecule has 2 aromatic rings. The monoisotopic (exact) mass is 275 g/mol. The lowest BCUT2D eigenvalue weighted by Crippen LogP contribution is -2.29.